The van der Waals surface area contributed by atoms with Gasteiger partial charge in [-0.3, -0.25) is 9.59 Å². The third-order valence-corrected chi connectivity index (χ3v) is 5.45. The molecule has 2 N–H and O–H groups in total. The second kappa shape index (κ2) is 7.34. The van der Waals surface area contributed by atoms with Crippen LogP contribution in [-0.2, 0) is 20.7 Å². The van der Waals surface area contributed by atoms with Crippen LogP contribution in [0.25, 0.3) is 0 Å². The van der Waals surface area contributed by atoms with Crippen LogP contribution in [0.3, 0.4) is 0 Å². The zero-order valence-corrected chi connectivity index (χ0v) is 13.9. The van der Waals surface area contributed by atoms with Gasteiger partial charge >= 0.3 is 5.97 Å². The van der Waals surface area contributed by atoms with Gasteiger partial charge in [-0.25, -0.2) is 0 Å². The van der Waals surface area contributed by atoms with E-state index >= 15 is 0 Å². The first kappa shape index (κ1) is 17.0. The van der Waals surface area contributed by atoms with E-state index in [1.54, 1.807) is 0 Å². The third-order valence-electron chi connectivity index (χ3n) is 5.45. The minimum absolute atomic E-state index is 0.0520. The van der Waals surface area contributed by atoms with Crippen molar-refractivity contribution in [3.63, 3.8) is 0 Å². The Bertz CT molecular complexity index is 607. The van der Waals surface area contributed by atoms with E-state index in [1.807, 2.05) is 12.1 Å². The van der Waals surface area contributed by atoms with Gasteiger partial charge in [0.05, 0.1) is 5.41 Å². The molecule has 1 unspecified atom stereocenters. The van der Waals surface area contributed by atoms with Gasteiger partial charge in [-0.05, 0) is 49.1 Å². The molecule has 1 fully saturated rings. The smallest absolute Gasteiger partial charge is 0.311 e. The largest absolute Gasteiger partial charge is 0.481 e. The molecule has 1 aromatic carbocycles. The summed E-state index contributed by atoms with van der Waals surface area (Å²) in [4.78, 5) is 24.0. The third kappa shape index (κ3) is 3.61. The number of aliphatic carboxylic acids is 1. The van der Waals surface area contributed by atoms with E-state index < -0.39 is 11.4 Å². The molecule has 0 radical (unpaired) electrons. The molecule has 0 spiro atoms. The predicted octanol–water partition coefficient (Wildman–Crippen LogP) is 2.49. The quantitative estimate of drug-likeness (QED) is 0.869. The lowest BCUT2D eigenvalue weighted by Crippen LogP contribution is -2.46. The number of fused-ring (bicyclic) bond motifs is 1. The van der Waals surface area contributed by atoms with E-state index in [0.717, 1.165) is 19.3 Å². The highest BCUT2D eigenvalue weighted by Gasteiger charge is 2.40. The van der Waals surface area contributed by atoms with Gasteiger partial charge in [0.25, 0.3) is 0 Å². The molecule has 130 valence electrons. The van der Waals surface area contributed by atoms with Gasteiger partial charge in [-0.2, -0.15) is 0 Å². The monoisotopic (exact) mass is 331 g/mol. The minimum atomic E-state index is -0.877. The van der Waals surface area contributed by atoms with E-state index in [9.17, 15) is 14.7 Å². The second-order valence-corrected chi connectivity index (χ2v) is 6.97. The van der Waals surface area contributed by atoms with Crippen molar-refractivity contribution in [3.05, 3.63) is 35.4 Å². The standard InChI is InChI=1S/C19H25NO4/c21-17(20-13-19(18(22)23)8-10-24-11-9-19)12-15-6-3-5-14-4-1-2-7-16(14)15/h1-2,4,7,15H,3,5-6,8-13H2,(H,20,21)(H,22,23). The predicted molar refractivity (Wildman–Crippen MR) is 89.9 cm³/mol. The molecular formula is C19H25NO4. The van der Waals surface area contributed by atoms with Crippen molar-refractivity contribution in [2.75, 3.05) is 19.8 Å². The number of nitrogens with one attached hydrogen (secondary N) is 1. The van der Waals surface area contributed by atoms with Crippen molar-refractivity contribution in [2.24, 2.45) is 5.41 Å². The number of hydrogen-bond donors (Lipinski definition) is 2. The maximum absolute atomic E-state index is 12.4. The number of carbonyl (C=O) groups excluding carboxylic acids is 1. The number of carboxylic acid groups (broad SMARTS) is 1. The Balaban J connectivity index is 1.59. The summed E-state index contributed by atoms with van der Waals surface area (Å²) in [6.07, 6.45) is 4.54. The van der Waals surface area contributed by atoms with Gasteiger partial charge in [-0.15, -0.1) is 0 Å². The van der Waals surface area contributed by atoms with Crippen LogP contribution < -0.4 is 5.32 Å². The fraction of sp³-hybridized carbons (Fsp3) is 0.579. The maximum atomic E-state index is 12.4. The lowest BCUT2D eigenvalue weighted by molar-refractivity contribution is -0.154. The molecule has 0 saturated carbocycles. The fourth-order valence-electron chi connectivity index (χ4n) is 3.86. The summed E-state index contributed by atoms with van der Waals surface area (Å²) in [6, 6.07) is 8.32. The molecule has 5 nitrogen and oxygen atoms in total. The molecule has 0 bridgehead atoms. The molecule has 24 heavy (non-hydrogen) atoms. The first-order chi connectivity index (χ1) is 11.6. The number of hydrogen-bond acceptors (Lipinski definition) is 3. The molecule has 1 aliphatic carbocycles. The van der Waals surface area contributed by atoms with E-state index in [2.05, 4.69) is 17.4 Å². The summed E-state index contributed by atoms with van der Waals surface area (Å²) in [7, 11) is 0. The van der Waals surface area contributed by atoms with Crippen molar-refractivity contribution in [1.82, 2.24) is 5.32 Å². The highest BCUT2D eigenvalue weighted by molar-refractivity contribution is 5.79. The topological polar surface area (TPSA) is 75.6 Å². The molecule has 1 heterocycles. The molecule has 5 heteroatoms. The average Bonchev–Trinajstić information content (AvgIpc) is 2.61. The van der Waals surface area contributed by atoms with E-state index in [1.165, 1.54) is 11.1 Å². The maximum Gasteiger partial charge on any atom is 0.311 e. The average molecular weight is 331 g/mol. The summed E-state index contributed by atoms with van der Waals surface area (Å²) in [5, 5.41) is 12.4. The van der Waals surface area contributed by atoms with Crippen LogP contribution in [0.15, 0.2) is 24.3 Å². The van der Waals surface area contributed by atoms with Crippen LogP contribution in [0.2, 0.25) is 0 Å². The van der Waals surface area contributed by atoms with Crippen molar-refractivity contribution < 1.29 is 19.4 Å². The summed E-state index contributed by atoms with van der Waals surface area (Å²) >= 11 is 0. The normalized spacial score (nSPS) is 22.4. The van der Waals surface area contributed by atoms with Gasteiger partial charge in [0.1, 0.15) is 0 Å². The first-order valence-electron chi connectivity index (χ1n) is 8.76. The highest BCUT2D eigenvalue weighted by atomic mass is 16.5. The van der Waals surface area contributed by atoms with Crippen LogP contribution in [0.5, 0.6) is 0 Å². The summed E-state index contributed by atoms with van der Waals surface area (Å²) in [6.45, 7) is 1.08. The Labute approximate surface area is 142 Å². The van der Waals surface area contributed by atoms with Crippen LogP contribution in [0, 0.1) is 5.41 Å². The van der Waals surface area contributed by atoms with Crippen LogP contribution in [0.4, 0.5) is 0 Å². The molecule has 0 aromatic heterocycles. The van der Waals surface area contributed by atoms with E-state index in [0.29, 0.717) is 32.5 Å². The Morgan fingerprint density at radius 2 is 2.00 bits per heavy atom. The van der Waals surface area contributed by atoms with Crippen molar-refractivity contribution in [3.8, 4) is 0 Å². The van der Waals surface area contributed by atoms with Gasteiger partial charge in [0, 0.05) is 26.2 Å². The molecule has 1 aromatic rings. The van der Waals surface area contributed by atoms with Crippen LogP contribution in [-0.4, -0.2) is 36.7 Å². The molecule has 3 rings (SSSR count). The number of benzene rings is 1. The number of aryl methyl sites for hydroxylation is 1. The number of ether oxygens (including phenoxy) is 1. The van der Waals surface area contributed by atoms with Gasteiger partial charge in [0.15, 0.2) is 0 Å². The van der Waals surface area contributed by atoms with Crippen molar-refractivity contribution in [2.45, 2.75) is 44.4 Å². The number of carboxylic acids is 1. The van der Waals surface area contributed by atoms with Crippen LogP contribution >= 0.6 is 0 Å². The Kier molecular flexibility index (Phi) is 5.19. The fourth-order valence-corrected chi connectivity index (χ4v) is 3.86. The summed E-state index contributed by atoms with van der Waals surface area (Å²) in [5.41, 5.74) is 1.74. The molecule has 2 aliphatic rings. The zero-order valence-electron chi connectivity index (χ0n) is 13.9. The number of rotatable bonds is 5. The summed E-state index contributed by atoms with van der Waals surface area (Å²) < 4.78 is 5.27. The molecular weight excluding hydrogens is 306 g/mol. The van der Waals surface area contributed by atoms with Gasteiger partial charge in [0.2, 0.25) is 5.91 Å². The Morgan fingerprint density at radius 1 is 1.25 bits per heavy atom. The number of amides is 1. The van der Waals surface area contributed by atoms with Crippen LogP contribution in [0.1, 0.15) is 49.1 Å². The van der Waals surface area contributed by atoms with Crippen molar-refractivity contribution in [1.29, 1.82) is 0 Å². The molecule has 1 atom stereocenters. The minimum Gasteiger partial charge on any atom is -0.481 e. The second-order valence-electron chi connectivity index (χ2n) is 6.97. The SMILES string of the molecule is O=C(CC1CCCc2ccccc21)NCC1(C(=O)O)CCOCC1. The zero-order chi connectivity index (χ0) is 17.0. The van der Waals surface area contributed by atoms with E-state index in [4.69, 9.17) is 4.74 Å². The molecule has 1 amide bonds. The summed E-state index contributed by atoms with van der Waals surface area (Å²) in [5.74, 6) is -0.650. The van der Waals surface area contributed by atoms with Gasteiger partial charge < -0.3 is 15.2 Å². The van der Waals surface area contributed by atoms with Crippen molar-refractivity contribution >= 4 is 11.9 Å². The molecule has 1 saturated heterocycles. The Hall–Kier alpha value is -1.88. The molecule has 1 aliphatic heterocycles. The highest BCUT2D eigenvalue weighted by Crippen LogP contribution is 2.34. The lowest BCUT2D eigenvalue weighted by atomic mass is 9.79. The lowest BCUT2D eigenvalue weighted by Gasteiger charge is -2.33. The Morgan fingerprint density at radius 3 is 2.75 bits per heavy atom. The van der Waals surface area contributed by atoms with Gasteiger partial charge in [-0.1, -0.05) is 24.3 Å². The first-order valence-corrected chi connectivity index (χ1v) is 8.76. The number of carbonyl (C=O) groups is 2. The van der Waals surface area contributed by atoms with E-state index in [-0.39, 0.29) is 18.4 Å².